The highest BCUT2D eigenvalue weighted by Crippen LogP contribution is 2.30. The molecule has 3 nitrogen and oxygen atoms in total. The minimum absolute atomic E-state index is 0.355. The largest absolute Gasteiger partial charge is 0.417 e. The summed E-state index contributed by atoms with van der Waals surface area (Å²) >= 11 is 11.8. The van der Waals surface area contributed by atoms with Crippen LogP contribution in [0.15, 0.2) is 15.3 Å². The van der Waals surface area contributed by atoms with Crippen LogP contribution in [0.1, 0.15) is 5.56 Å². The predicted octanol–water partition coefficient (Wildman–Crippen LogP) is 2.74. The van der Waals surface area contributed by atoms with Gasteiger partial charge in [-0.1, -0.05) is 23.2 Å². The van der Waals surface area contributed by atoms with E-state index in [9.17, 15) is 4.79 Å². The van der Waals surface area contributed by atoms with Crippen LogP contribution in [0.3, 0.4) is 0 Å². The van der Waals surface area contributed by atoms with Crippen molar-refractivity contribution in [1.29, 1.82) is 0 Å². The van der Waals surface area contributed by atoms with E-state index in [1.54, 1.807) is 13.0 Å². The Bertz CT molecular complexity index is 527. The summed E-state index contributed by atoms with van der Waals surface area (Å²) in [4.78, 5) is 13.3. The average Bonchev–Trinajstić information content (AvgIpc) is 2.42. The summed E-state index contributed by atoms with van der Waals surface area (Å²) in [6.45, 7) is 1.76. The molecule has 0 saturated carbocycles. The van der Waals surface area contributed by atoms with Gasteiger partial charge in [-0.05, 0) is 18.6 Å². The van der Waals surface area contributed by atoms with Crippen molar-refractivity contribution in [3.05, 3.63) is 32.2 Å². The lowest BCUT2D eigenvalue weighted by Gasteiger charge is -1.99. The van der Waals surface area contributed by atoms with Gasteiger partial charge in [0.15, 0.2) is 5.58 Å². The number of aromatic amines is 1. The lowest BCUT2D eigenvalue weighted by atomic mass is 10.2. The summed E-state index contributed by atoms with van der Waals surface area (Å²) in [5.41, 5.74) is 1.58. The first kappa shape index (κ1) is 8.66. The normalized spacial score (nSPS) is 11.0. The molecule has 0 unspecified atom stereocenters. The van der Waals surface area contributed by atoms with E-state index in [1.807, 2.05) is 0 Å². The van der Waals surface area contributed by atoms with Gasteiger partial charge in [0.1, 0.15) is 0 Å². The van der Waals surface area contributed by atoms with Crippen molar-refractivity contribution in [1.82, 2.24) is 4.98 Å². The van der Waals surface area contributed by atoms with Gasteiger partial charge in [-0.3, -0.25) is 4.98 Å². The molecule has 0 aliphatic heterocycles. The summed E-state index contributed by atoms with van der Waals surface area (Å²) in [7, 11) is 0. The van der Waals surface area contributed by atoms with Crippen molar-refractivity contribution in [2.75, 3.05) is 0 Å². The van der Waals surface area contributed by atoms with Gasteiger partial charge in [-0.2, -0.15) is 0 Å². The first-order chi connectivity index (χ1) is 6.09. The summed E-state index contributed by atoms with van der Waals surface area (Å²) in [6, 6.07) is 1.61. The van der Waals surface area contributed by atoms with Gasteiger partial charge in [0.05, 0.1) is 10.5 Å². The number of hydrogen-bond acceptors (Lipinski definition) is 2. The fourth-order valence-corrected chi connectivity index (χ4v) is 1.61. The fraction of sp³-hybridized carbons (Fsp3) is 0.125. The maximum Gasteiger partial charge on any atom is 0.417 e. The summed E-state index contributed by atoms with van der Waals surface area (Å²) in [6.07, 6.45) is 0. The second-order valence-corrected chi connectivity index (χ2v) is 3.47. The standard InChI is InChI=1S/C8H5Cl2NO2/c1-3-4(9)2-5-7(6(3)10)13-8(12)11-5/h2H,1H3,(H,11,12). The van der Waals surface area contributed by atoms with Gasteiger partial charge in [0, 0.05) is 5.02 Å². The number of rotatable bonds is 0. The van der Waals surface area contributed by atoms with Crippen LogP contribution in [0.25, 0.3) is 11.1 Å². The van der Waals surface area contributed by atoms with Crippen LogP contribution in [0.5, 0.6) is 0 Å². The summed E-state index contributed by atoms with van der Waals surface area (Å²) in [5.74, 6) is -0.529. The van der Waals surface area contributed by atoms with Crippen molar-refractivity contribution >= 4 is 34.3 Å². The van der Waals surface area contributed by atoms with Crippen molar-refractivity contribution in [3.63, 3.8) is 0 Å². The smallest absolute Gasteiger partial charge is 0.406 e. The third-order valence-corrected chi connectivity index (χ3v) is 2.68. The van der Waals surface area contributed by atoms with Gasteiger partial charge >= 0.3 is 5.76 Å². The van der Waals surface area contributed by atoms with Crippen LogP contribution in [-0.2, 0) is 0 Å². The van der Waals surface area contributed by atoms with E-state index in [2.05, 4.69) is 4.98 Å². The van der Waals surface area contributed by atoms with Crippen molar-refractivity contribution in [2.24, 2.45) is 0 Å². The maximum atomic E-state index is 10.8. The van der Waals surface area contributed by atoms with Crippen molar-refractivity contribution in [3.8, 4) is 0 Å². The zero-order chi connectivity index (χ0) is 9.59. The third kappa shape index (κ3) is 1.24. The molecule has 0 fully saturated rings. The maximum absolute atomic E-state index is 10.8. The molecule has 2 rings (SSSR count). The molecule has 68 valence electrons. The molecule has 1 heterocycles. The van der Waals surface area contributed by atoms with E-state index in [0.29, 0.717) is 26.7 Å². The Morgan fingerprint density at radius 1 is 1.46 bits per heavy atom. The topological polar surface area (TPSA) is 46.0 Å². The second kappa shape index (κ2) is 2.79. The first-order valence-electron chi connectivity index (χ1n) is 3.57. The molecule has 5 heteroatoms. The van der Waals surface area contributed by atoms with Crippen LogP contribution in [0, 0.1) is 6.92 Å². The lowest BCUT2D eigenvalue weighted by Crippen LogP contribution is -1.92. The number of H-pyrrole nitrogens is 1. The van der Waals surface area contributed by atoms with Crippen LogP contribution < -0.4 is 5.76 Å². The second-order valence-electron chi connectivity index (χ2n) is 2.69. The van der Waals surface area contributed by atoms with Gasteiger partial charge in [-0.25, -0.2) is 4.79 Å². The number of benzene rings is 1. The highest BCUT2D eigenvalue weighted by molar-refractivity contribution is 6.39. The number of halogens is 2. The van der Waals surface area contributed by atoms with Gasteiger partial charge < -0.3 is 4.42 Å². The van der Waals surface area contributed by atoms with E-state index in [0.717, 1.165) is 0 Å². The molecule has 13 heavy (non-hydrogen) atoms. The molecular weight excluding hydrogens is 213 g/mol. The van der Waals surface area contributed by atoms with Gasteiger partial charge in [-0.15, -0.1) is 0 Å². The zero-order valence-electron chi connectivity index (χ0n) is 6.65. The average molecular weight is 218 g/mol. The van der Waals surface area contributed by atoms with E-state index >= 15 is 0 Å². The molecule has 0 bridgehead atoms. The molecule has 2 aromatic rings. The first-order valence-corrected chi connectivity index (χ1v) is 4.32. The monoisotopic (exact) mass is 217 g/mol. The molecular formula is C8H5Cl2NO2. The quantitative estimate of drug-likeness (QED) is 0.738. The van der Waals surface area contributed by atoms with Crippen LogP contribution >= 0.6 is 23.2 Å². The van der Waals surface area contributed by atoms with Crippen molar-refractivity contribution < 1.29 is 4.42 Å². The predicted molar refractivity (Wildman–Crippen MR) is 51.6 cm³/mol. The Balaban J connectivity index is 3.00. The van der Waals surface area contributed by atoms with Crippen LogP contribution in [-0.4, -0.2) is 4.98 Å². The van der Waals surface area contributed by atoms with E-state index < -0.39 is 5.76 Å². The fourth-order valence-electron chi connectivity index (χ4n) is 1.11. The molecule has 0 aliphatic rings. The molecule has 1 aromatic carbocycles. The van der Waals surface area contributed by atoms with Gasteiger partial charge in [0.2, 0.25) is 0 Å². The SMILES string of the molecule is Cc1c(Cl)cc2[nH]c(=O)oc2c1Cl. The van der Waals surface area contributed by atoms with Crippen molar-refractivity contribution in [2.45, 2.75) is 6.92 Å². The molecule has 0 saturated heterocycles. The Morgan fingerprint density at radius 3 is 2.85 bits per heavy atom. The Labute approximate surface area is 83.3 Å². The van der Waals surface area contributed by atoms with Crippen LogP contribution in [0.2, 0.25) is 10.0 Å². The lowest BCUT2D eigenvalue weighted by molar-refractivity contribution is 0.555. The highest BCUT2D eigenvalue weighted by Gasteiger charge is 2.11. The van der Waals surface area contributed by atoms with Crippen LogP contribution in [0.4, 0.5) is 0 Å². The number of fused-ring (bicyclic) bond motifs is 1. The number of hydrogen-bond donors (Lipinski definition) is 1. The molecule has 0 radical (unpaired) electrons. The Morgan fingerprint density at radius 2 is 2.15 bits per heavy atom. The molecule has 0 aliphatic carbocycles. The van der Waals surface area contributed by atoms with E-state index in [1.165, 1.54) is 0 Å². The number of nitrogens with one attached hydrogen (secondary N) is 1. The molecule has 0 spiro atoms. The number of oxazole rings is 1. The number of aromatic nitrogens is 1. The highest BCUT2D eigenvalue weighted by atomic mass is 35.5. The van der Waals surface area contributed by atoms with Gasteiger partial charge in [0.25, 0.3) is 0 Å². The summed E-state index contributed by atoms with van der Waals surface area (Å²) < 4.78 is 4.83. The molecule has 1 N–H and O–H groups in total. The summed E-state index contributed by atoms with van der Waals surface area (Å²) in [5, 5.41) is 0.885. The Kier molecular flexibility index (Phi) is 1.86. The third-order valence-electron chi connectivity index (χ3n) is 1.83. The molecule has 0 amide bonds. The molecule has 0 atom stereocenters. The van der Waals surface area contributed by atoms with E-state index in [-0.39, 0.29) is 0 Å². The zero-order valence-corrected chi connectivity index (χ0v) is 8.16. The Hall–Kier alpha value is -0.930. The molecule has 1 aromatic heterocycles. The minimum atomic E-state index is -0.529. The minimum Gasteiger partial charge on any atom is -0.406 e. The van der Waals surface area contributed by atoms with E-state index in [4.69, 9.17) is 27.6 Å².